The number of ether oxygens (including phenoxy) is 2. The monoisotopic (exact) mass is 360 g/mol. The maximum absolute atomic E-state index is 12.8. The molecule has 0 aliphatic heterocycles. The van der Waals surface area contributed by atoms with Crippen molar-refractivity contribution in [3.8, 4) is 17.6 Å². The van der Waals surface area contributed by atoms with Gasteiger partial charge in [0.15, 0.2) is 11.5 Å². The van der Waals surface area contributed by atoms with Crippen LogP contribution in [-0.4, -0.2) is 19.6 Å². The summed E-state index contributed by atoms with van der Waals surface area (Å²) in [5, 5.41) is 14.4. The Kier molecular flexibility index (Phi) is 5.58. The van der Waals surface area contributed by atoms with E-state index in [-0.39, 0.29) is 11.5 Å². The molecule has 0 aliphatic rings. The SMILES string of the molecule is CCOc1c(OC)cc(C#N)cc1C(=O)NCc1cccc2ccccc12. The lowest BCUT2D eigenvalue weighted by Crippen LogP contribution is -2.24. The third kappa shape index (κ3) is 3.85. The van der Waals surface area contributed by atoms with Gasteiger partial charge in [-0.25, -0.2) is 0 Å². The number of benzene rings is 3. The standard InChI is InChI=1S/C22H20N2O3/c1-3-27-21-19(11-15(13-23)12-20(21)26-2)22(25)24-14-17-9-6-8-16-7-4-5-10-18(16)17/h4-12H,3,14H2,1-2H3,(H,24,25). The number of amides is 1. The molecule has 0 saturated carbocycles. The van der Waals surface area contributed by atoms with Crippen LogP contribution in [0.15, 0.2) is 54.6 Å². The zero-order valence-electron chi connectivity index (χ0n) is 15.3. The van der Waals surface area contributed by atoms with Gasteiger partial charge < -0.3 is 14.8 Å². The summed E-state index contributed by atoms with van der Waals surface area (Å²) in [6.07, 6.45) is 0. The van der Waals surface area contributed by atoms with E-state index < -0.39 is 0 Å². The summed E-state index contributed by atoms with van der Waals surface area (Å²) in [6, 6.07) is 19.1. The number of rotatable bonds is 6. The second-order valence-corrected chi connectivity index (χ2v) is 5.92. The molecule has 3 aromatic rings. The number of carbonyl (C=O) groups is 1. The summed E-state index contributed by atoms with van der Waals surface area (Å²) in [5.41, 5.74) is 1.64. The second kappa shape index (κ2) is 8.24. The number of methoxy groups -OCH3 is 1. The van der Waals surface area contributed by atoms with Gasteiger partial charge in [-0.05, 0) is 29.3 Å². The Bertz CT molecular complexity index is 1020. The predicted octanol–water partition coefficient (Wildman–Crippen LogP) is 4.05. The minimum atomic E-state index is -0.318. The van der Waals surface area contributed by atoms with Crippen molar-refractivity contribution in [1.29, 1.82) is 5.26 Å². The molecule has 0 unspecified atom stereocenters. The molecule has 5 nitrogen and oxygen atoms in total. The van der Waals surface area contributed by atoms with E-state index in [0.717, 1.165) is 16.3 Å². The van der Waals surface area contributed by atoms with E-state index in [1.54, 1.807) is 6.07 Å². The van der Waals surface area contributed by atoms with Crippen molar-refractivity contribution in [2.75, 3.05) is 13.7 Å². The Morgan fingerprint density at radius 1 is 1.15 bits per heavy atom. The van der Waals surface area contributed by atoms with Crippen LogP contribution >= 0.6 is 0 Å². The smallest absolute Gasteiger partial charge is 0.255 e. The topological polar surface area (TPSA) is 71.3 Å². The van der Waals surface area contributed by atoms with Crippen LogP contribution in [-0.2, 0) is 6.54 Å². The van der Waals surface area contributed by atoms with E-state index >= 15 is 0 Å². The van der Waals surface area contributed by atoms with Gasteiger partial charge in [0, 0.05) is 12.6 Å². The van der Waals surface area contributed by atoms with E-state index in [9.17, 15) is 10.1 Å². The van der Waals surface area contributed by atoms with Crippen LogP contribution in [0, 0.1) is 11.3 Å². The van der Waals surface area contributed by atoms with Gasteiger partial charge in [-0.3, -0.25) is 4.79 Å². The van der Waals surface area contributed by atoms with Gasteiger partial charge >= 0.3 is 0 Å². The Hall–Kier alpha value is -3.52. The molecule has 0 aliphatic carbocycles. The first-order valence-corrected chi connectivity index (χ1v) is 8.67. The summed E-state index contributed by atoms with van der Waals surface area (Å²) in [4.78, 5) is 12.8. The minimum Gasteiger partial charge on any atom is -0.493 e. The largest absolute Gasteiger partial charge is 0.493 e. The molecule has 27 heavy (non-hydrogen) atoms. The number of carbonyl (C=O) groups excluding carboxylic acids is 1. The molecule has 0 spiro atoms. The van der Waals surface area contributed by atoms with Gasteiger partial charge in [0.25, 0.3) is 5.91 Å². The zero-order valence-corrected chi connectivity index (χ0v) is 15.3. The lowest BCUT2D eigenvalue weighted by atomic mass is 10.0. The average molecular weight is 360 g/mol. The molecule has 0 atom stereocenters. The lowest BCUT2D eigenvalue weighted by molar-refractivity contribution is 0.0946. The van der Waals surface area contributed by atoms with Crippen LogP contribution in [0.1, 0.15) is 28.4 Å². The molecule has 5 heteroatoms. The van der Waals surface area contributed by atoms with E-state index in [2.05, 4.69) is 5.32 Å². The molecule has 136 valence electrons. The fourth-order valence-electron chi connectivity index (χ4n) is 3.00. The first-order valence-electron chi connectivity index (χ1n) is 8.67. The van der Waals surface area contributed by atoms with E-state index in [0.29, 0.717) is 30.2 Å². The number of hydrogen-bond acceptors (Lipinski definition) is 4. The number of nitrogens with zero attached hydrogens (tertiary/aromatic N) is 1. The van der Waals surface area contributed by atoms with Gasteiger partial charge in [-0.2, -0.15) is 5.26 Å². The fraction of sp³-hybridized carbons (Fsp3) is 0.182. The third-order valence-electron chi connectivity index (χ3n) is 4.26. The van der Waals surface area contributed by atoms with Crippen molar-refractivity contribution >= 4 is 16.7 Å². The van der Waals surface area contributed by atoms with Gasteiger partial charge in [0.05, 0.1) is 30.9 Å². The molecule has 3 aromatic carbocycles. The van der Waals surface area contributed by atoms with Gasteiger partial charge in [0.2, 0.25) is 0 Å². The van der Waals surface area contributed by atoms with E-state index in [1.807, 2.05) is 55.5 Å². The van der Waals surface area contributed by atoms with Crippen LogP contribution in [0.3, 0.4) is 0 Å². The Morgan fingerprint density at radius 3 is 2.67 bits per heavy atom. The summed E-state index contributed by atoms with van der Waals surface area (Å²) in [5.74, 6) is 0.391. The van der Waals surface area contributed by atoms with Gasteiger partial charge in [-0.1, -0.05) is 42.5 Å². The van der Waals surface area contributed by atoms with Crippen LogP contribution in [0.5, 0.6) is 11.5 Å². The minimum absolute atomic E-state index is 0.285. The lowest BCUT2D eigenvalue weighted by Gasteiger charge is -2.15. The van der Waals surface area contributed by atoms with Crippen LogP contribution in [0.25, 0.3) is 10.8 Å². The van der Waals surface area contributed by atoms with Crippen molar-refractivity contribution in [2.45, 2.75) is 13.5 Å². The number of fused-ring (bicyclic) bond motifs is 1. The van der Waals surface area contributed by atoms with Gasteiger partial charge in [0.1, 0.15) is 0 Å². The molecule has 0 aromatic heterocycles. The van der Waals surface area contributed by atoms with Crippen LogP contribution in [0.2, 0.25) is 0 Å². The Morgan fingerprint density at radius 2 is 1.93 bits per heavy atom. The summed E-state index contributed by atoms with van der Waals surface area (Å²) in [6.45, 7) is 2.58. The molecule has 1 N–H and O–H groups in total. The highest BCUT2D eigenvalue weighted by Crippen LogP contribution is 2.33. The first-order chi connectivity index (χ1) is 13.2. The van der Waals surface area contributed by atoms with Crippen molar-refractivity contribution in [3.05, 3.63) is 71.3 Å². The highest BCUT2D eigenvalue weighted by molar-refractivity contribution is 5.98. The van der Waals surface area contributed by atoms with Crippen molar-refractivity contribution in [1.82, 2.24) is 5.32 Å². The molecular formula is C22H20N2O3. The highest BCUT2D eigenvalue weighted by Gasteiger charge is 2.19. The molecule has 0 heterocycles. The van der Waals surface area contributed by atoms with Crippen molar-refractivity contribution < 1.29 is 14.3 Å². The Labute approximate surface area is 158 Å². The van der Waals surface area contributed by atoms with E-state index in [1.165, 1.54) is 13.2 Å². The predicted molar refractivity (Wildman–Crippen MR) is 104 cm³/mol. The Balaban J connectivity index is 1.90. The van der Waals surface area contributed by atoms with Crippen molar-refractivity contribution in [3.63, 3.8) is 0 Å². The molecular weight excluding hydrogens is 340 g/mol. The maximum Gasteiger partial charge on any atom is 0.255 e. The highest BCUT2D eigenvalue weighted by atomic mass is 16.5. The van der Waals surface area contributed by atoms with Crippen LogP contribution < -0.4 is 14.8 Å². The maximum atomic E-state index is 12.8. The molecule has 0 bridgehead atoms. The molecule has 0 fully saturated rings. The normalized spacial score (nSPS) is 10.3. The number of nitrogens with one attached hydrogen (secondary N) is 1. The third-order valence-corrected chi connectivity index (χ3v) is 4.26. The molecule has 0 radical (unpaired) electrons. The first kappa shape index (κ1) is 18.3. The second-order valence-electron chi connectivity index (χ2n) is 5.92. The molecule has 1 amide bonds. The van der Waals surface area contributed by atoms with Crippen molar-refractivity contribution in [2.24, 2.45) is 0 Å². The molecule has 3 rings (SSSR count). The summed E-state index contributed by atoms with van der Waals surface area (Å²) < 4.78 is 10.9. The number of hydrogen-bond donors (Lipinski definition) is 1. The summed E-state index contributed by atoms with van der Waals surface area (Å²) in [7, 11) is 1.48. The number of nitriles is 1. The zero-order chi connectivity index (χ0) is 19.2. The summed E-state index contributed by atoms with van der Waals surface area (Å²) >= 11 is 0. The van der Waals surface area contributed by atoms with E-state index in [4.69, 9.17) is 9.47 Å². The quantitative estimate of drug-likeness (QED) is 0.720. The fourth-order valence-corrected chi connectivity index (χ4v) is 3.00. The van der Waals surface area contributed by atoms with Crippen LogP contribution in [0.4, 0.5) is 0 Å². The van der Waals surface area contributed by atoms with Gasteiger partial charge in [-0.15, -0.1) is 0 Å². The molecule has 0 saturated heterocycles. The average Bonchev–Trinajstić information content (AvgIpc) is 2.72.